The lowest BCUT2D eigenvalue weighted by Gasteiger charge is -2.07. The molecule has 0 radical (unpaired) electrons. The van der Waals surface area contributed by atoms with E-state index in [0.29, 0.717) is 23.1 Å². The minimum Gasteiger partial charge on any atom is -0.451 e. The highest BCUT2D eigenvalue weighted by Crippen LogP contribution is 2.15. The molecule has 3 rings (SSSR count). The normalized spacial score (nSPS) is 10.6. The van der Waals surface area contributed by atoms with E-state index in [-0.39, 0.29) is 22.7 Å². The number of carbonyl (C=O) groups is 3. The molecule has 0 spiro atoms. The number of esters is 1. The predicted octanol–water partition coefficient (Wildman–Crippen LogP) is 3.49. The molecule has 0 aliphatic carbocycles. The summed E-state index contributed by atoms with van der Waals surface area (Å²) in [5.74, 6) is -1.72. The summed E-state index contributed by atoms with van der Waals surface area (Å²) in [6.45, 7) is 3.08. The monoisotopic (exact) mass is 393 g/mol. The van der Waals surface area contributed by atoms with Crippen molar-refractivity contribution >= 4 is 34.3 Å². The van der Waals surface area contributed by atoms with E-state index in [2.05, 4.69) is 5.32 Å². The number of Topliss-reactive ketones (excluding diaryl/α,β-unsaturated/α-hetero) is 1. The van der Waals surface area contributed by atoms with Gasteiger partial charge in [-0.1, -0.05) is 18.6 Å². The van der Waals surface area contributed by atoms with Crippen LogP contribution in [-0.4, -0.2) is 24.3 Å². The summed E-state index contributed by atoms with van der Waals surface area (Å²) in [6.07, 6.45) is 0.348. The Morgan fingerprint density at radius 2 is 1.76 bits per heavy atom. The van der Waals surface area contributed by atoms with Crippen LogP contribution in [0.4, 0.5) is 5.69 Å². The lowest BCUT2D eigenvalue weighted by Crippen LogP contribution is -2.16. The molecule has 2 aromatic carbocycles. The molecule has 0 saturated carbocycles. The van der Waals surface area contributed by atoms with Gasteiger partial charge in [0, 0.05) is 23.7 Å². The molecule has 0 fully saturated rings. The maximum absolute atomic E-state index is 12.2. The maximum Gasteiger partial charge on any atom is 0.374 e. The van der Waals surface area contributed by atoms with Crippen LogP contribution in [0, 0.1) is 6.92 Å². The van der Waals surface area contributed by atoms with Crippen LogP contribution >= 0.6 is 0 Å². The minimum absolute atomic E-state index is 0.134. The van der Waals surface area contributed by atoms with Crippen LogP contribution in [-0.2, 0) is 9.53 Å². The van der Waals surface area contributed by atoms with Crippen LogP contribution in [0.1, 0.15) is 39.8 Å². The third-order valence-corrected chi connectivity index (χ3v) is 4.23. The number of amides is 1. The zero-order chi connectivity index (χ0) is 21.0. The predicted molar refractivity (Wildman–Crippen MR) is 107 cm³/mol. The van der Waals surface area contributed by atoms with Gasteiger partial charge in [0.1, 0.15) is 5.58 Å². The average molecular weight is 393 g/mol. The minimum atomic E-state index is -0.898. The molecule has 0 bridgehead atoms. The van der Waals surface area contributed by atoms with Gasteiger partial charge < -0.3 is 14.5 Å². The Kier molecular flexibility index (Phi) is 5.87. The van der Waals surface area contributed by atoms with Crippen molar-refractivity contribution in [2.24, 2.45) is 0 Å². The van der Waals surface area contributed by atoms with Crippen LogP contribution in [0.2, 0.25) is 0 Å². The highest BCUT2D eigenvalue weighted by molar-refractivity contribution is 5.99. The van der Waals surface area contributed by atoms with Gasteiger partial charge in [-0.3, -0.25) is 14.4 Å². The van der Waals surface area contributed by atoms with E-state index >= 15 is 0 Å². The summed E-state index contributed by atoms with van der Waals surface area (Å²) in [5.41, 5.74) is 1.69. The Bertz CT molecular complexity index is 1140. The van der Waals surface area contributed by atoms with Gasteiger partial charge >= 0.3 is 5.97 Å². The lowest BCUT2D eigenvalue weighted by atomic mass is 10.1. The number of ketones is 1. The molecule has 0 saturated heterocycles. The smallest absolute Gasteiger partial charge is 0.374 e. The van der Waals surface area contributed by atoms with Crippen molar-refractivity contribution in [3.8, 4) is 0 Å². The molecule has 0 atom stereocenters. The van der Waals surface area contributed by atoms with Crippen LogP contribution in [0.5, 0.6) is 0 Å². The highest BCUT2D eigenvalue weighted by Gasteiger charge is 2.16. The van der Waals surface area contributed by atoms with Crippen molar-refractivity contribution in [2.45, 2.75) is 20.3 Å². The summed E-state index contributed by atoms with van der Waals surface area (Å²) in [6, 6.07) is 12.3. The zero-order valence-corrected chi connectivity index (χ0v) is 16.0. The van der Waals surface area contributed by atoms with Gasteiger partial charge in [-0.05, 0) is 43.3 Å². The van der Waals surface area contributed by atoms with Gasteiger partial charge in [0.25, 0.3) is 0 Å². The first-order valence-electron chi connectivity index (χ1n) is 9.02. The van der Waals surface area contributed by atoms with Gasteiger partial charge in [0.05, 0.1) is 5.39 Å². The van der Waals surface area contributed by atoms with Gasteiger partial charge in [-0.2, -0.15) is 0 Å². The summed E-state index contributed by atoms with van der Waals surface area (Å²) in [5, 5.41) is 3.04. The van der Waals surface area contributed by atoms with E-state index in [4.69, 9.17) is 9.15 Å². The topological polar surface area (TPSA) is 103 Å². The number of ether oxygens (including phenoxy) is 1. The second-order valence-corrected chi connectivity index (χ2v) is 6.45. The van der Waals surface area contributed by atoms with E-state index in [9.17, 15) is 19.2 Å². The number of nitrogens with one attached hydrogen (secondary N) is 1. The third kappa shape index (κ3) is 4.76. The number of benzene rings is 2. The number of aryl methyl sites for hydroxylation is 1. The Morgan fingerprint density at radius 3 is 2.45 bits per heavy atom. The Morgan fingerprint density at radius 1 is 1.03 bits per heavy atom. The molecular weight excluding hydrogens is 374 g/mol. The van der Waals surface area contributed by atoms with Crippen molar-refractivity contribution in [1.29, 1.82) is 0 Å². The summed E-state index contributed by atoms with van der Waals surface area (Å²) < 4.78 is 10.4. The van der Waals surface area contributed by atoms with Crippen molar-refractivity contribution in [2.75, 3.05) is 11.9 Å². The highest BCUT2D eigenvalue weighted by atomic mass is 16.5. The largest absolute Gasteiger partial charge is 0.451 e. The number of anilines is 1. The van der Waals surface area contributed by atoms with Gasteiger partial charge in [-0.25, -0.2) is 4.79 Å². The van der Waals surface area contributed by atoms with Crippen molar-refractivity contribution in [3.63, 3.8) is 0 Å². The fraction of sp³-hybridized carbons (Fsp3) is 0.182. The van der Waals surface area contributed by atoms with Crippen LogP contribution in [0.25, 0.3) is 11.0 Å². The molecule has 1 heterocycles. The zero-order valence-electron chi connectivity index (χ0n) is 16.0. The number of rotatable bonds is 6. The van der Waals surface area contributed by atoms with E-state index in [1.54, 1.807) is 37.3 Å². The lowest BCUT2D eigenvalue weighted by molar-refractivity contribution is -0.115. The number of hydrogen-bond donors (Lipinski definition) is 1. The van der Waals surface area contributed by atoms with Crippen molar-refractivity contribution < 1.29 is 23.5 Å². The van der Waals surface area contributed by atoms with Crippen molar-refractivity contribution in [3.05, 3.63) is 75.6 Å². The first-order valence-corrected chi connectivity index (χ1v) is 9.02. The average Bonchev–Trinajstić information content (AvgIpc) is 2.72. The molecule has 1 aromatic heterocycles. The quantitative estimate of drug-likeness (QED) is 0.508. The van der Waals surface area contributed by atoms with Gasteiger partial charge in [0.15, 0.2) is 17.8 Å². The second-order valence-electron chi connectivity index (χ2n) is 6.45. The summed E-state index contributed by atoms with van der Waals surface area (Å²) in [4.78, 5) is 48.0. The Labute approximate surface area is 166 Å². The van der Waals surface area contributed by atoms with Crippen LogP contribution < -0.4 is 10.7 Å². The van der Waals surface area contributed by atoms with Crippen molar-refractivity contribution in [1.82, 2.24) is 0 Å². The van der Waals surface area contributed by atoms with Gasteiger partial charge in [0.2, 0.25) is 11.7 Å². The third-order valence-electron chi connectivity index (χ3n) is 4.23. The number of carbonyl (C=O) groups excluding carboxylic acids is 3. The molecule has 29 heavy (non-hydrogen) atoms. The summed E-state index contributed by atoms with van der Waals surface area (Å²) >= 11 is 0. The Balaban J connectivity index is 1.66. The first-order chi connectivity index (χ1) is 13.9. The molecule has 0 unspecified atom stereocenters. The van der Waals surface area contributed by atoms with E-state index in [1.807, 2.05) is 6.92 Å². The molecule has 0 aliphatic heterocycles. The molecule has 0 aliphatic rings. The Hall–Kier alpha value is -3.74. The number of fused-ring (bicyclic) bond motifs is 1. The SMILES string of the molecule is CCC(=O)Nc1ccc(C(=O)COC(=O)c2cc(=O)c3cc(C)ccc3o2)cc1. The molecule has 148 valence electrons. The standard InChI is InChI=1S/C22H19NO6/c1-3-21(26)23-15-7-5-14(6-8-15)18(25)12-28-22(27)20-11-17(24)16-10-13(2)4-9-19(16)29-20/h4-11H,3,12H2,1-2H3,(H,23,26). The van der Waals surface area contributed by atoms with E-state index < -0.39 is 18.4 Å². The first kappa shape index (κ1) is 20.0. The molecule has 1 amide bonds. The van der Waals surface area contributed by atoms with Crippen LogP contribution in [0.15, 0.2) is 57.7 Å². The van der Waals surface area contributed by atoms with E-state index in [0.717, 1.165) is 11.6 Å². The maximum atomic E-state index is 12.2. The summed E-state index contributed by atoms with van der Waals surface area (Å²) in [7, 11) is 0. The molecule has 3 aromatic rings. The molecular formula is C22H19NO6. The van der Waals surface area contributed by atoms with Crippen LogP contribution in [0.3, 0.4) is 0 Å². The molecule has 1 N–H and O–H groups in total. The van der Waals surface area contributed by atoms with E-state index in [1.165, 1.54) is 12.1 Å². The molecule has 7 nitrogen and oxygen atoms in total. The fourth-order valence-electron chi connectivity index (χ4n) is 2.65. The number of hydrogen-bond acceptors (Lipinski definition) is 6. The fourth-order valence-corrected chi connectivity index (χ4v) is 2.65. The second kappa shape index (κ2) is 8.52. The van der Waals surface area contributed by atoms with Gasteiger partial charge in [-0.15, -0.1) is 0 Å². The molecule has 7 heteroatoms.